The molecule has 0 amide bonds. The van der Waals surface area contributed by atoms with E-state index in [-0.39, 0.29) is 11.4 Å². The van der Waals surface area contributed by atoms with Crippen LogP contribution in [0.1, 0.15) is 5.56 Å². The number of nitro groups is 1. The molecular formula is C14H14N2O5S. The molecule has 2 rings (SSSR count). The molecule has 1 N–H and O–H groups in total. The van der Waals surface area contributed by atoms with Crippen molar-refractivity contribution in [2.75, 3.05) is 7.11 Å². The van der Waals surface area contributed by atoms with E-state index in [1.807, 2.05) is 0 Å². The molecule has 22 heavy (non-hydrogen) atoms. The molecule has 0 radical (unpaired) electrons. The molecule has 0 spiro atoms. The van der Waals surface area contributed by atoms with E-state index < -0.39 is 20.6 Å². The first-order chi connectivity index (χ1) is 10.4. The fourth-order valence-corrected chi connectivity index (χ4v) is 3.02. The smallest absolute Gasteiger partial charge is 0.289 e. The maximum Gasteiger partial charge on any atom is 0.289 e. The highest BCUT2D eigenvalue weighted by molar-refractivity contribution is 7.89. The number of ether oxygens (including phenoxy) is 1. The lowest BCUT2D eigenvalue weighted by molar-refractivity contribution is -0.387. The highest BCUT2D eigenvalue weighted by Gasteiger charge is 2.24. The van der Waals surface area contributed by atoms with Gasteiger partial charge in [0.05, 0.1) is 12.0 Å². The fraction of sp³-hybridized carbons (Fsp3) is 0.143. The Bertz CT molecular complexity index is 772. The third-order valence-corrected chi connectivity index (χ3v) is 4.43. The minimum atomic E-state index is -3.97. The minimum absolute atomic E-state index is 0.0262. The van der Waals surface area contributed by atoms with Crippen LogP contribution in [0, 0.1) is 10.1 Å². The Morgan fingerprint density at radius 3 is 2.36 bits per heavy atom. The molecule has 0 heterocycles. The van der Waals surface area contributed by atoms with Crippen LogP contribution in [0.4, 0.5) is 5.69 Å². The van der Waals surface area contributed by atoms with E-state index >= 15 is 0 Å². The predicted octanol–water partition coefficient (Wildman–Crippen LogP) is 2.08. The van der Waals surface area contributed by atoms with Crippen LogP contribution >= 0.6 is 0 Å². The topological polar surface area (TPSA) is 98.5 Å². The SMILES string of the molecule is COc1ccc(CNS(=O)(=O)c2ccccc2[N+](=O)[O-])cc1. The van der Waals surface area contributed by atoms with E-state index in [0.29, 0.717) is 11.3 Å². The van der Waals surface area contributed by atoms with Gasteiger partial charge in [-0.2, -0.15) is 0 Å². The lowest BCUT2D eigenvalue weighted by atomic mass is 10.2. The molecule has 0 bridgehead atoms. The van der Waals surface area contributed by atoms with E-state index in [0.717, 1.165) is 6.07 Å². The van der Waals surface area contributed by atoms with Gasteiger partial charge in [-0.25, -0.2) is 13.1 Å². The summed E-state index contributed by atoms with van der Waals surface area (Å²) in [5.74, 6) is 0.658. The summed E-state index contributed by atoms with van der Waals surface area (Å²) < 4.78 is 31.8. The first-order valence-electron chi connectivity index (χ1n) is 6.30. The number of nitrogens with one attached hydrogen (secondary N) is 1. The number of benzene rings is 2. The molecule has 2 aromatic carbocycles. The van der Waals surface area contributed by atoms with Crippen molar-refractivity contribution < 1.29 is 18.1 Å². The van der Waals surface area contributed by atoms with Crippen LogP contribution < -0.4 is 9.46 Å². The van der Waals surface area contributed by atoms with Crippen LogP contribution in [0.3, 0.4) is 0 Å². The van der Waals surface area contributed by atoms with Crippen molar-refractivity contribution >= 4 is 15.7 Å². The van der Waals surface area contributed by atoms with Crippen molar-refractivity contribution in [2.24, 2.45) is 0 Å². The summed E-state index contributed by atoms with van der Waals surface area (Å²) in [6.07, 6.45) is 0. The lowest BCUT2D eigenvalue weighted by Crippen LogP contribution is -2.24. The van der Waals surface area contributed by atoms with Crippen molar-refractivity contribution in [2.45, 2.75) is 11.4 Å². The van der Waals surface area contributed by atoms with Crippen molar-refractivity contribution in [3.63, 3.8) is 0 Å². The number of rotatable bonds is 6. The maximum absolute atomic E-state index is 12.2. The van der Waals surface area contributed by atoms with Gasteiger partial charge in [0.25, 0.3) is 5.69 Å². The largest absolute Gasteiger partial charge is 0.497 e. The van der Waals surface area contributed by atoms with Crippen LogP contribution in [0.2, 0.25) is 0 Å². The van der Waals surface area contributed by atoms with Gasteiger partial charge in [-0.3, -0.25) is 10.1 Å². The first kappa shape index (κ1) is 15.9. The zero-order valence-corrected chi connectivity index (χ0v) is 12.5. The van der Waals surface area contributed by atoms with Crippen LogP contribution in [0.15, 0.2) is 53.4 Å². The van der Waals surface area contributed by atoms with Gasteiger partial charge in [-0.15, -0.1) is 0 Å². The van der Waals surface area contributed by atoms with Gasteiger partial charge in [-0.1, -0.05) is 24.3 Å². The number of nitrogens with zero attached hydrogens (tertiary/aromatic N) is 1. The number of nitro benzene ring substituents is 1. The van der Waals surface area contributed by atoms with Crippen molar-refractivity contribution in [3.05, 3.63) is 64.2 Å². The van der Waals surface area contributed by atoms with Gasteiger partial charge in [0.1, 0.15) is 5.75 Å². The predicted molar refractivity (Wildman–Crippen MR) is 80.1 cm³/mol. The Morgan fingerprint density at radius 1 is 1.14 bits per heavy atom. The van der Waals surface area contributed by atoms with Gasteiger partial charge in [0.15, 0.2) is 4.90 Å². The molecule has 116 valence electrons. The molecular weight excluding hydrogens is 308 g/mol. The van der Waals surface area contributed by atoms with E-state index in [9.17, 15) is 18.5 Å². The van der Waals surface area contributed by atoms with E-state index in [1.165, 1.54) is 25.3 Å². The van der Waals surface area contributed by atoms with E-state index in [4.69, 9.17) is 4.74 Å². The third-order valence-electron chi connectivity index (χ3n) is 2.98. The van der Waals surface area contributed by atoms with Crippen molar-refractivity contribution in [1.29, 1.82) is 0 Å². The van der Waals surface area contributed by atoms with Crippen LogP contribution in [0.5, 0.6) is 5.75 Å². The first-order valence-corrected chi connectivity index (χ1v) is 7.78. The second-order valence-electron chi connectivity index (χ2n) is 4.40. The number of sulfonamides is 1. The Hall–Kier alpha value is -2.45. The summed E-state index contributed by atoms with van der Waals surface area (Å²) in [5.41, 5.74) is 0.257. The molecule has 0 aliphatic carbocycles. The molecule has 0 aliphatic rings. The fourth-order valence-electron chi connectivity index (χ4n) is 1.83. The minimum Gasteiger partial charge on any atom is -0.497 e. The summed E-state index contributed by atoms with van der Waals surface area (Å²) in [7, 11) is -2.44. The Kier molecular flexibility index (Phi) is 4.74. The molecule has 0 unspecified atom stereocenters. The second kappa shape index (κ2) is 6.54. The number of hydrogen-bond acceptors (Lipinski definition) is 5. The van der Waals surface area contributed by atoms with E-state index in [1.54, 1.807) is 24.3 Å². The highest BCUT2D eigenvalue weighted by Crippen LogP contribution is 2.23. The molecule has 7 nitrogen and oxygen atoms in total. The molecule has 0 aliphatic heterocycles. The summed E-state index contributed by atoms with van der Waals surface area (Å²) in [5, 5.41) is 10.9. The van der Waals surface area contributed by atoms with Gasteiger partial charge in [-0.05, 0) is 23.8 Å². The summed E-state index contributed by atoms with van der Waals surface area (Å²) in [4.78, 5) is 9.84. The average Bonchev–Trinajstić information content (AvgIpc) is 2.53. The van der Waals surface area contributed by atoms with Crippen molar-refractivity contribution in [3.8, 4) is 5.75 Å². The second-order valence-corrected chi connectivity index (χ2v) is 6.13. The van der Waals surface area contributed by atoms with Gasteiger partial charge in [0, 0.05) is 12.6 Å². The van der Waals surface area contributed by atoms with Gasteiger partial charge < -0.3 is 4.74 Å². The van der Waals surface area contributed by atoms with E-state index in [2.05, 4.69) is 4.72 Å². The monoisotopic (exact) mass is 322 g/mol. The lowest BCUT2D eigenvalue weighted by Gasteiger charge is -2.08. The summed E-state index contributed by atoms with van der Waals surface area (Å²) >= 11 is 0. The Morgan fingerprint density at radius 2 is 1.77 bits per heavy atom. The molecule has 0 atom stereocenters. The quantitative estimate of drug-likeness (QED) is 0.648. The molecule has 8 heteroatoms. The zero-order chi connectivity index (χ0) is 16.2. The molecule has 2 aromatic rings. The molecule has 0 saturated heterocycles. The van der Waals surface area contributed by atoms with Crippen LogP contribution in [-0.4, -0.2) is 20.5 Å². The maximum atomic E-state index is 12.2. The normalized spacial score (nSPS) is 11.1. The number of hydrogen-bond donors (Lipinski definition) is 1. The molecule has 0 saturated carbocycles. The number of para-hydroxylation sites is 1. The molecule has 0 aromatic heterocycles. The Labute approximate surface area is 127 Å². The van der Waals surface area contributed by atoms with Crippen LogP contribution in [0.25, 0.3) is 0 Å². The van der Waals surface area contributed by atoms with Crippen molar-refractivity contribution in [1.82, 2.24) is 4.72 Å². The Balaban J connectivity index is 2.19. The number of methoxy groups -OCH3 is 1. The van der Waals surface area contributed by atoms with Gasteiger partial charge in [0.2, 0.25) is 10.0 Å². The highest BCUT2D eigenvalue weighted by atomic mass is 32.2. The summed E-state index contributed by atoms with van der Waals surface area (Å²) in [6.45, 7) is 0.0262. The zero-order valence-electron chi connectivity index (χ0n) is 11.7. The molecule has 0 fully saturated rings. The standard InChI is InChI=1S/C14H14N2O5S/c1-21-12-8-6-11(7-9-12)10-15-22(19,20)14-5-3-2-4-13(14)16(17)18/h2-9,15H,10H2,1H3. The van der Waals surface area contributed by atoms with Crippen LogP contribution in [-0.2, 0) is 16.6 Å². The summed E-state index contributed by atoms with van der Waals surface area (Å²) in [6, 6.07) is 12.0. The van der Waals surface area contributed by atoms with Gasteiger partial charge >= 0.3 is 0 Å². The average molecular weight is 322 g/mol. The third kappa shape index (κ3) is 3.60.